The molecule has 0 aliphatic heterocycles. The van der Waals surface area contributed by atoms with Crippen LogP contribution in [-0.2, 0) is 0 Å². The Labute approximate surface area is 111 Å². The van der Waals surface area contributed by atoms with Gasteiger partial charge >= 0.3 is 0 Å². The molecule has 0 saturated heterocycles. The third-order valence-corrected chi connectivity index (χ3v) is 2.76. The Morgan fingerprint density at radius 3 is 2.11 bits per heavy atom. The molecule has 0 saturated carbocycles. The number of rotatable bonds is 3. The van der Waals surface area contributed by atoms with Gasteiger partial charge in [0.25, 0.3) is 5.88 Å². The lowest BCUT2D eigenvalue weighted by Gasteiger charge is -2.08. The van der Waals surface area contributed by atoms with Crippen molar-refractivity contribution in [2.75, 3.05) is 7.11 Å². The molecule has 0 fully saturated rings. The first-order valence-corrected chi connectivity index (χ1v) is 5.80. The van der Waals surface area contributed by atoms with Gasteiger partial charge in [-0.1, -0.05) is 11.6 Å². The van der Waals surface area contributed by atoms with Crippen molar-refractivity contribution in [2.24, 2.45) is 0 Å². The molecule has 0 N–H and O–H groups in total. The average molecular weight is 265 g/mol. The highest BCUT2D eigenvalue weighted by molar-refractivity contribution is 6.30. The number of halogens is 1. The van der Waals surface area contributed by atoms with Crippen LogP contribution < -0.4 is 9.47 Å². The molecule has 5 heteroatoms. The second-order valence-corrected chi connectivity index (χ2v) is 4.13. The molecule has 18 heavy (non-hydrogen) atoms. The van der Waals surface area contributed by atoms with Crippen LogP contribution in [0.1, 0.15) is 11.4 Å². The van der Waals surface area contributed by atoms with Crippen LogP contribution in [0.2, 0.25) is 5.15 Å². The van der Waals surface area contributed by atoms with E-state index in [4.69, 9.17) is 21.1 Å². The first-order chi connectivity index (χ1) is 8.60. The lowest BCUT2D eigenvalue weighted by atomic mass is 10.3. The van der Waals surface area contributed by atoms with Gasteiger partial charge in [0.15, 0.2) is 5.15 Å². The summed E-state index contributed by atoms with van der Waals surface area (Å²) in [4.78, 5) is 8.42. The molecule has 0 radical (unpaired) electrons. The minimum Gasteiger partial charge on any atom is -0.497 e. The number of nitrogens with zero attached hydrogens (tertiary/aromatic N) is 2. The van der Waals surface area contributed by atoms with Gasteiger partial charge in [-0.2, -0.15) is 0 Å². The Bertz CT molecular complexity index is 556. The van der Waals surface area contributed by atoms with Crippen LogP contribution in [0.5, 0.6) is 17.4 Å². The Morgan fingerprint density at radius 1 is 0.944 bits per heavy atom. The summed E-state index contributed by atoms with van der Waals surface area (Å²) in [6, 6.07) is 7.17. The lowest BCUT2D eigenvalue weighted by molar-refractivity contribution is 0.412. The molecule has 2 aromatic rings. The van der Waals surface area contributed by atoms with Crippen LogP contribution in [0.15, 0.2) is 24.3 Å². The van der Waals surface area contributed by atoms with E-state index in [0.29, 0.717) is 11.6 Å². The first kappa shape index (κ1) is 12.6. The maximum Gasteiger partial charge on any atom is 0.257 e. The van der Waals surface area contributed by atoms with E-state index in [9.17, 15) is 0 Å². The quantitative estimate of drug-likeness (QED) is 0.850. The minimum atomic E-state index is 0.258. The molecule has 0 aliphatic carbocycles. The lowest BCUT2D eigenvalue weighted by Crippen LogP contribution is -1.97. The van der Waals surface area contributed by atoms with Gasteiger partial charge in [0.2, 0.25) is 0 Å². The molecule has 94 valence electrons. The normalized spacial score (nSPS) is 10.2. The van der Waals surface area contributed by atoms with Gasteiger partial charge in [-0.25, -0.2) is 9.97 Å². The molecular weight excluding hydrogens is 252 g/mol. The number of methoxy groups -OCH3 is 1. The fourth-order valence-electron chi connectivity index (χ4n) is 1.38. The topological polar surface area (TPSA) is 44.2 Å². The molecule has 0 aliphatic rings. The van der Waals surface area contributed by atoms with Crippen LogP contribution in [0.3, 0.4) is 0 Å². The minimum absolute atomic E-state index is 0.258. The van der Waals surface area contributed by atoms with E-state index in [1.807, 2.05) is 13.8 Å². The highest BCUT2D eigenvalue weighted by Gasteiger charge is 2.09. The Hall–Kier alpha value is -1.81. The highest BCUT2D eigenvalue weighted by atomic mass is 35.5. The van der Waals surface area contributed by atoms with Gasteiger partial charge in [-0.05, 0) is 38.1 Å². The number of hydrogen-bond donors (Lipinski definition) is 0. The predicted octanol–water partition coefficient (Wildman–Crippen LogP) is 3.55. The van der Waals surface area contributed by atoms with Crippen molar-refractivity contribution in [3.63, 3.8) is 0 Å². The van der Waals surface area contributed by atoms with Crippen molar-refractivity contribution in [3.05, 3.63) is 40.8 Å². The molecule has 1 heterocycles. The summed E-state index contributed by atoms with van der Waals surface area (Å²) < 4.78 is 10.7. The molecule has 0 bridgehead atoms. The zero-order valence-corrected chi connectivity index (χ0v) is 11.2. The number of aromatic nitrogens is 2. The molecule has 4 nitrogen and oxygen atoms in total. The molecular formula is C13H13ClN2O2. The summed E-state index contributed by atoms with van der Waals surface area (Å²) in [6.45, 7) is 3.71. The molecule has 0 unspecified atom stereocenters. The summed E-state index contributed by atoms with van der Waals surface area (Å²) in [5.74, 6) is 1.71. The van der Waals surface area contributed by atoms with Gasteiger partial charge < -0.3 is 9.47 Å². The van der Waals surface area contributed by atoms with E-state index in [0.717, 1.165) is 17.1 Å². The van der Waals surface area contributed by atoms with Crippen LogP contribution >= 0.6 is 11.6 Å². The maximum atomic E-state index is 5.99. The van der Waals surface area contributed by atoms with Gasteiger partial charge in [0, 0.05) is 0 Å². The van der Waals surface area contributed by atoms with E-state index in [1.54, 1.807) is 31.4 Å². The Kier molecular flexibility index (Phi) is 3.67. The van der Waals surface area contributed by atoms with Crippen LogP contribution in [-0.4, -0.2) is 17.1 Å². The summed E-state index contributed by atoms with van der Waals surface area (Å²) >= 11 is 5.99. The summed E-state index contributed by atoms with van der Waals surface area (Å²) in [6.07, 6.45) is 0. The van der Waals surface area contributed by atoms with E-state index in [-0.39, 0.29) is 5.15 Å². The van der Waals surface area contributed by atoms with Gasteiger partial charge in [-0.15, -0.1) is 0 Å². The van der Waals surface area contributed by atoms with E-state index in [2.05, 4.69) is 9.97 Å². The summed E-state index contributed by atoms with van der Waals surface area (Å²) in [7, 11) is 1.61. The van der Waals surface area contributed by atoms with Crippen molar-refractivity contribution in [3.8, 4) is 17.4 Å². The third-order valence-electron chi connectivity index (χ3n) is 2.51. The van der Waals surface area contributed by atoms with Gasteiger partial charge in [0.1, 0.15) is 11.5 Å². The highest BCUT2D eigenvalue weighted by Crippen LogP contribution is 2.27. The first-order valence-electron chi connectivity index (χ1n) is 5.43. The molecule has 0 amide bonds. The van der Waals surface area contributed by atoms with Crippen LogP contribution in [0.25, 0.3) is 0 Å². The van der Waals surface area contributed by atoms with Gasteiger partial charge in [-0.3, -0.25) is 0 Å². The van der Waals surface area contributed by atoms with Gasteiger partial charge in [0.05, 0.1) is 18.5 Å². The second kappa shape index (κ2) is 5.23. The third kappa shape index (κ3) is 2.71. The Morgan fingerprint density at radius 2 is 1.50 bits per heavy atom. The van der Waals surface area contributed by atoms with Crippen molar-refractivity contribution in [1.82, 2.24) is 9.97 Å². The number of aryl methyl sites for hydroxylation is 2. The predicted molar refractivity (Wildman–Crippen MR) is 69.6 cm³/mol. The zero-order chi connectivity index (χ0) is 13.1. The molecule has 0 atom stereocenters. The fraction of sp³-hybridized carbons (Fsp3) is 0.231. The second-order valence-electron chi connectivity index (χ2n) is 3.77. The SMILES string of the molecule is COc1ccc(Oc2nc(C)c(C)nc2Cl)cc1. The maximum absolute atomic E-state index is 5.99. The average Bonchev–Trinajstić information content (AvgIpc) is 2.37. The van der Waals surface area contributed by atoms with Crippen molar-refractivity contribution in [1.29, 1.82) is 0 Å². The largest absolute Gasteiger partial charge is 0.497 e. The monoisotopic (exact) mass is 264 g/mol. The van der Waals surface area contributed by atoms with E-state index in [1.165, 1.54) is 0 Å². The van der Waals surface area contributed by atoms with Crippen molar-refractivity contribution < 1.29 is 9.47 Å². The molecule has 2 rings (SSSR count). The smallest absolute Gasteiger partial charge is 0.257 e. The number of hydrogen-bond acceptors (Lipinski definition) is 4. The van der Waals surface area contributed by atoms with Crippen LogP contribution in [0.4, 0.5) is 0 Å². The fourth-order valence-corrected chi connectivity index (χ4v) is 1.58. The molecule has 1 aromatic heterocycles. The van der Waals surface area contributed by atoms with Crippen molar-refractivity contribution in [2.45, 2.75) is 13.8 Å². The molecule has 1 aromatic carbocycles. The Balaban J connectivity index is 2.25. The van der Waals surface area contributed by atoms with E-state index >= 15 is 0 Å². The number of ether oxygens (including phenoxy) is 2. The number of benzene rings is 1. The van der Waals surface area contributed by atoms with Crippen molar-refractivity contribution >= 4 is 11.6 Å². The zero-order valence-electron chi connectivity index (χ0n) is 10.4. The standard InChI is InChI=1S/C13H13ClN2O2/c1-8-9(2)16-13(12(14)15-8)18-11-6-4-10(17-3)5-7-11/h4-7H,1-3H3. The summed E-state index contributed by atoms with van der Waals surface area (Å²) in [5, 5.41) is 0.258. The molecule has 0 spiro atoms. The van der Waals surface area contributed by atoms with Crippen LogP contribution in [0, 0.1) is 13.8 Å². The summed E-state index contributed by atoms with van der Waals surface area (Å²) in [5.41, 5.74) is 1.59. The van der Waals surface area contributed by atoms with E-state index < -0.39 is 0 Å².